The van der Waals surface area contributed by atoms with Crippen molar-refractivity contribution in [3.05, 3.63) is 90.0 Å². The number of carbonyl (C=O) groups is 1. The molecule has 3 aromatic carbocycles. The summed E-state index contributed by atoms with van der Waals surface area (Å²) in [5.41, 5.74) is 2.14. The zero-order chi connectivity index (χ0) is 19.0. The Hall–Kier alpha value is -3.47. The number of rotatable bonds is 3. The Kier molecular flexibility index (Phi) is 4.20. The highest BCUT2D eigenvalue weighted by Gasteiger charge is 2.20. The second-order valence-electron chi connectivity index (χ2n) is 6.40. The summed E-state index contributed by atoms with van der Waals surface area (Å²) in [6.07, 6.45) is 1.49. The fraction of sp³-hybridized carbons (Fsp3) is 0.0909. The first-order valence-electron chi connectivity index (χ1n) is 8.62. The average Bonchev–Trinajstić information content (AvgIpc) is 3.08. The number of amides is 1. The molecule has 0 fully saturated rings. The second kappa shape index (κ2) is 6.68. The van der Waals surface area contributed by atoms with E-state index in [4.69, 9.17) is 0 Å². The second-order valence-corrected chi connectivity index (χ2v) is 6.40. The van der Waals surface area contributed by atoms with Crippen molar-refractivity contribution in [1.82, 2.24) is 9.78 Å². The third-order valence-electron chi connectivity index (χ3n) is 4.75. The van der Waals surface area contributed by atoms with Crippen LogP contribution in [0.1, 0.15) is 16.1 Å². The highest BCUT2D eigenvalue weighted by molar-refractivity contribution is 6.07. The van der Waals surface area contributed by atoms with Gasteiger partial charge in [-0.3, -0.25) is 4.79 Å². The standard InChI is InChI=1S/C22H18FN3O/c1-15-19(14-24-26(15)21-10-6-5-9-20(21)23)22(27)25(2)18-12-11-16-7-3-4-8-17(16)13-18/h3-14H,1-2H3. The third kappa shape index (κ3) is 2.97. The van der Waals surface area contributed by atoms with Gasteiger partial charge in [-0.1, -0.05) is 42.5 Å². The van der Waals surface area contributed by atoms with Gasteiger partial charge >= 0.3 is 0 Å². The molecule has 0 aliphatic rings. The van der Waals surface area contributed by atoms with E-state index in [1.807, 2.05) is 42.5 Å². The van der Waals surface area contributed by atoms with E-state index in [1.165, 1.54) is 16.9 Å². The third-order valence-corrected chi connectivity index (χ3v) is 4.75. The number of hydrogen-bond acceptors (Lipinski definition) is 2. The van der Waals surface area contributed by atoms with Gasteiger partial charge in [-0.2, -0.15) is 5.10 Å². The van der Waals surface area contributed by atoms with Crippen molar-refractivity contribution < 1.29 is 9.18 Å². The molecule has 4 nitrogen and oxygen atoms in total. The van der Waals surface area contributed by atoms with E-state index in [-0.39, 0.29) is 11.7 Å². The lowest BCUT2D eigenvalue weighted by Crippen LogP contribution is -2.26. The van der Waals surface area contributed by atoms with Crippen LogP contribution < -0.4 is 4.90 Å². The summed E-state index contributed by atoms with van der Waals surface area (Å²) in [6, 6.07) is 20.2. The fourth-order valence-corrected chi connectivity index (χ4v) is 3.17. The van der Waals surface area contributed by atoms with Gasteiger partial charge in [-0.15, -0.1) is 0 Å². The Bertz CT molecular complexity index is 1150. The molecule has 1 aromatic heterocycles. The molecule has 0 bridgehead atoms. The molecule has 1 amide bonds. The Morgan fingerprint density at radius 2 is 1.70 bits per heavy atom. The number of carbonyl (C=O) groups excluding carboxylic acids is 1. The lowest BCUT2D eigenvalue weighted by Gasteiger charge is -2.18. The maximum Gasteiger partial charge on any atom is 0.261 e. The maximum absolute atomic E-state index is 14.1. The minimum absolute atomic E-state index is 0.189. The van der Waals surface area contributed by atoms with Crippen LogP contribution in [0.5, 0.6) is 0 Å². The molecule has 0 atom stereocenters. The average molecular weight is 359 g/mol. The van der Waals surface area contributed by atoms with Crippen LogP contribution in [0.15, 0.2) is 72.9 Å². The molecule has 0 aliphatic heterocycles. The first-order valence-corrected chi connectivity index (χ1v) is 8.62. The number of aromatic nitrogens is 2. The monoisotopic (exact) mass is 359 g/mol. The number of halogens is 1. The van der Waals surface area contributed by atoms with E-state index >= 15 is 0 Å². The van der Waals surface area contributed by atoms with E-state index in [9.17, 15) is 9.18 Å². The van der Waals surface area contributed by atoms with Crippen LogP contribution in [-0.2, 0) is 0 Å². The van der Waals surface area contributed by atoms with Crippen LogP contribution in [0, 0.1) is 12.7 Å². The first kappa shape index (κ1) is 17.0. The first-order chi connectivity index (χ1) is 13.1. The predicted molar refractivity (Wildman–Crippen MR) is 105 cm³/mol. The Labute approximate surface area is 156 Å². The number of nitrogens with zero attached hydrogens (tertiary/aromatic N) is 3. The van der Waals surface area contributed by atoms with Crippen LogP contribution in [0.3, 0.4) is 0 Å². The molecule has 4 aromatic rings. The van der Waals surface area contributed by atoms with E-state index in [0.717, 1.165) is 16.5 Å². The van der Waals surface area contributed by atoms with Gasteiger partial charge in [0, 0.05) is 12.7 Å². The molecule has 0 spiro atoms. The van der Waals surface area contributed by atoms with Crippen molar-refractivity contribution in [3.8, 4) is 5.69 Å². The summed E-state index contributed by atoms with van der Waals surface area (Å²) in [7, 11) is 1.73. The van der Waals surface area contributed by atoms with Crippen molar-refractivity contribution in [2.75, 3.05) is 11.9 Å². The lowest BCUT2D eigenvalue weighted by molar-refractivity contribution is 0.0992. The van der Waals surface area contributed by atoms with Crippen molar-refractivity contribution in [2.45, 2.75) is 6.92 Å². The molecule has 0 unspecified atom stereocenters. The molecule has 0 saturated heterocycles. The topological polar surface area (TPSA) is 38.1 Å². The number of hydrogen-bond donors (Lipinski definition) is 0. The Balaban J connectivity index is 1.69. The van der Waals surface area contributed by atoms with Crippen LogP contribution in [-0.4, -0.2) is 22.7 Å². The summed E-state index contributed by atoms with van der Waals surface area (Å²) in [5, 5.41) is 6.40. The predicted octanol–water partition coefficient (Wildman–Crippen LogP) is 4.75. The normalized spacial score (nSPS) is 10.9. The van der Waals surface area contributed by atoms with Gasteiger partial charge in [-0.25, -0.2) is 9.07 Å². The Morgan fingerprint density at radius 1 is 1.00 bits per heavy atom. The summed E-state index contributed by atoms with van der Waals surface area (Å²) in [5.74, 6) is -0.573. The molecular formula is C22H18FN3O. The van der Waals surface area contributed by atoms with Crippen LogP contribution in [0.4, 0.5) is 10.1 Å². The van der Waals surface area contributed by atoms with Gasteiger partial charge < -0.3 is 4.90 Å². The summed E-state index contributed by atoms with van der Waals surface area (Å²) in [6.45, 7) is 1.76. The lowest BCUT2D eigenvalue weighted by atomic mass is 10.1. The molecule has 4 rings (SSSR count). The molecule has 0 aliphatic carbocycles. The minimum atomic E-state index is -0.384. The zero-order valence-electron chi connectivity index (χ0n) is 15.1. The Morgan fingerprint density at radius 3 is 2.48 bits per heavy atom. The van der Waals surface area contributed by atoms with Gasteiger partial charge in [0.1, 0.15) is 11.5 Å². The van der Waals surface area contributed by atoms with Crippen molar-refractivity contribution >= 4 is 22.4 Å². The molecule has 0 N–H and O–H groups in total. The quantitative estimate of drug-likeness (QED) is 0.529. The maximum atomic E-state index is 14.1. The van der Waals surface area contributed by atoms with E-state index in [2.05, 4.69) is 5.10 Å². The van der Waals surface area contributed by atoms with Crippen LogP contribution >= 0.6 is 0 Å². The highest BCUT2D eigenvalue weighted by atomic mass is 19.1. The van der Waals surface area contributed by atoms with Gasteiger partial charge in [0.2, 0.25) is 0 Å². The van der Waals surface area contributed by atoms with Gasteiger partial charge in [0.25, 0.3) is 5.91 Å². The zero-order valence-corrected chi connectivity index (χ0v) is 15.1. The van der Waals surface area contributed by atoms with Crippen LogP contribution in [0.25, 0.3) is 16.5 Å². The summed E-state index contributed by atoms with van der Waals surface area (Å²) < 4.78 is 15.5. The largest absolute Gasteiger partial charge is 0.311 e. The molecule has 5 heteroatoms. The summed E-state index contributed by atoms with van der Waals surface area (Å²) in [4.78, 5) is 14.6. The number of fused-ring (bicyclic) bond motifs is 1. The molecule has 134 valence electrons. The highest BCUT2D eigenvalue weighted by Crippen LogP contribution is 2.24. The summed E-state index contributed by atoms with van der Waals surface area (Å²) >= 11 is 0. The molecule has 0 radical (unpaired) electrons. The van der Waals surface area contributed by atoms with Gasteiger partial charge in [-0.05, 0) is 42.0 Å². The van der Waals surface area contributed by atoms with E-state index < -0.39 is 0 Å². The molecular weight excluding hydrogens is 341 g/mol. The van der Waals surface area contributed by atoms with Gasteiger partial charge in [0.05, 0.1) is 17.5 Å². The van der Waals surface area contributed by atoms with Crippen LogP contribution in [0.2, 0.25) is 0 Å². The molecule has 1 heterocycles. The number of benzene rings is 3. The molecule has 0 saturated carbocycles. The van der Waals surface area contributed by atoms with Crippen molar-refractivity contribution in [3.63, 3.8) is 0 Å². The van der Waals surface area contributed by atoms with E-state index in [0.29, 0.717) is 16.9 Å². The minimum Gasteiger partial charge on any atom is -0.311 e. The SMILES string of the molecule is Cc1c(C(=O)N(C)c2ccc3ccccc3c2)cnn1-c1ccccc1F. The molecule has 27 heavy (non-hydrogen) atoms. The van der Waals surface area contributed by atoms with Crippen molar-refractivity contribution in [1.29, 1.82) is 0 Å². The van der Waals surface area contributed by atoms with E-state index in [1.54, 1.807) is 37.1 Å². The smallest absolute Gasteiger partial charge is 0.261 e. The fourth-order valence-electron chi connectivity index (χ4n) is 3.17. The van der Waals surface area contributed by atoms with Gasteiger partial charge in [0.15, 0.2) is 0 Å². The number of anilines is 1. The van der Waals surface area contributed by atoms with Crippen molar-refractivity contribution in [2.24, 2.45) is 0 Å². The number of para-hydroxylation sites is 1.